The molecule has 1 aliphatic rings. The third-order valence-corrected chi connectivity index (χ3v) is 5.52. The number of hydrogen-bond donors (Lipinski definition) is 2. The first-order valence-electron chi connectivity index (χ1n) is 8.87. The quantitative estimate of drug-likeness (QED) is 0.785. The average molecular weight is 359 g/mol. The zero-order valence-corrected chi connectivity index (χ0v) is 15.6. The first kappa shape index (κ1) is 18.0. The molecule has 0 spiro atoms. The van der Waals surface area contributed by atoms with Crippen LogP contribution >= 0.6 is 11.3 Å². The normalized spacial score (nSPS) is 20.6. The molecule has 2 aromatic rings. The lowest BCUT2D eigenvalue weighted by molar-refractivity contribution is 0.124. The summed E-state index contributed by atoms with van der Waals surface area (Å²) in [5.41, 5.74) is 1.00. The van der Waals surface area contributed by atoms with Crippen LogP contribution in [0.15, 0.2) is 42.5 Å². The van der Waals surface area contributed by atoms with Crippen molar-refractivity contribution < 1.29 is 9.53 Å². The zero-order chi connectivity index (χ0) is 17.6. The molecule has 1 unspecified atom stereocenters. The Labute approximate surface area is 153 Å². The van der Waals surface area contributed by atoms with Gasteiger partial charge in [0.25, 0.3) is 0 Å². The summed E-state index contributed by atoms with van der Waals surface area (Å²) < 4.78 is 5.26. The molecule has 0 bridgehead atoms. The number of thiophene rings is 1. The maximum absolute atomic E-state index is 11.8. The van der Waals surface area contributed by atoms with Crippen LogP contribution in [0.25, 0.3) is 0 Å². The van der Waals surface area contributed by atoms with Crippen LogP contribution in [0.4, 0.5) is 4.79 Å². The third kappa shape index (κ3) is 5.58. The molecular formula is C20H26N2O2S. The van der Waals surface area contributed by atoms with Gasteiger partial charge in [-0.25, -0.2) is 4.79 Å². The minimum atomic E-state index is -0.325. The fourth-order valence-electron chi connectivity index (χ4n) is 3.16. The maximum Gasteiger partial charge on any atom is 0.407 e. The van der Waals surface area contributed by atoms with Gasteiger partial charge in [-0.05, 0) is 50.8 Å². The van der Waals surface area contributed by atoms with Crippen LogP contribution in [-0.4, -0.2) is 24.2 Å². The van der Waals surface area contributed by atoms with Crippen molar-refractivity contribution in [2.45, 2.75) is 57.8 Å². The van der Waals surface area contributed by atoms with Crippen LogP contribution in [0.2, 0.25) is 0 Å². The first-order valence-corrected chi connectivity index (χ1v) is 9.68. The van der Waals surface area contributed by atoms with E-state index < -0.39 is 0 Å². The van der Waals surface area contributed by atoms with E-state index in [1.54, 1.807) is 0 Å². The Morgan fingerprint density at radius 1 is 1.20 bits per heavy atom. The molecule has 1 aromatic carbocycles. The van der Waals surface area contributed by atoms with Crippen LogP contribution < -0.4 is 10.6 Å². The van der Waals surface area contributed by atoms with Crippen molar-refractivity contribution in [1.29, 1.82) is 0 Å². The van der Waals surface area contributed by atoms with E-state index in [4.69, 9.17) is 4.74 Å². The van der Waals surface area contributed by atoms with Crippen molar-refractivity contribution >= 4 is 17.4 Å². The molecule has 1 atom stereocenters. The number of nitrogens with one attached hydrogen (secondary N) is 2. The smallest absolute Gasteiger partial charge is 0.407 e. The van der Waals surface area contributed by atoms with E-state index in [9.17, 15) is 4.79 Å². The number of hydrogen-bond acceptors (Lipinski definition) is 4. The van der Waals surface area contributed by atoms with Gasteiger partial charge in [-0.3, -0.25) is 0 Å². The minimum Gasteiger partial charge on any atom is -0.445 e. The van der Waals surface area contributed by atoms with Crippen molar-refractivity contribution in [1.82, 2.24) is 10.6 Å². The van der Waals surface area contributed by atoms with Gasteiger partial charge in [0, 0.05) is 27.9 Å². The van der Waals surface area contributed by atoms with Gasteiger partial charge in [0.05, 0.1) is 0 Å². The summed E-state index contributed by atoms with van der Waals surface area (Å²) in [5.74, 6) is 0. The lowest BCUT2D eigenvalue weighted by atomic mass is 9.86. The van der Waals surface area contributed by atoms with Crippen molar-refractivity contribution in [2.24, 2.45) is 0 Å². The number of carbonyl (C=O) groups is 1. The highest BCUT2D eigenvalue weighted by Crippen LogP contribution is 2.22. The van der Waals surface area contributed by atoms with E-state index in [2.05, 4.69) is 36.6 Å². The summed E-state index contributed by atoms with van der Waals surface area (Å²) in [6.45, 7) is 4.69. The van der Waals surface area contributed by atoms with Crippen molar-refractivity contribution in [3.8, 4) is 0 Å². The molecule has 1 fully saturated rings. The molecule has 1 aliphatic carbocycles. The van der Waals surface area contributed by atoms with Crippen molar-refractivity contribution in [2.75, 3.05) is 0 Å². The molecule has 1 aromatic heterocycles. The summed E-state index contributed by atoms with van der Waals surface area (Å²) in [6.07, 6.45) is 2.67. The first-order chi connectivity index (χ1) is 12.1. The lowest BCUT2D eigenvalue weighted by Crippen LogP contribution is -2.54. The summed E-state index contributed by atoms with van der Waals surface area (Å²) in [4.78, 5) is 14.6. The van der Waals surface area contributed by atoms with Gasteiger partial charge in [-0.15, -0.1) is 11.3 Å². The average Bonchev–Trinajstić information content (AvgIpc) is 2.96. The summed E-state index contributed by atoms with van der Waals surface area (Å²) in [5, 5.41) is 6.59. The largest absolute Gasteiger partial charge is 0.445 e. The fourth-order valence-corrected chi connectivity index (χ4v) is 4.18. The van der Waals surface area contributed by atoms with Crippen LogP contribution in [-0.2, 0) is 17.8 Å². The lowest BCUT2D eigenvalue weighted by Gasteiger charge is -2.37. The summed E-state index contributed by atoms with van der Waals surface area (Å²) in [7, 11) is 0. The van der Waals surface area contributed by atoms with Gasteiger partial charge in [0.15, 0.2) is 0 Å². The van der Waals surface area contributed by atoms with E-state index in [0.717, 1.165) is 24.8 Å². The van der Waals surface area contributed by atoms with Crippen LogP contribution in [0, 0.1) is 6.92 Å². The monoisotopic (exact) mass is 358 g/mol. The number of rotatable bonds is 7. The van der Waals surface area contributed by atoms with E-state index in [1.807, 2.05) is 41.7 Å². The molecule has 0 saturated heterocycles. The van der Waals surface area contributed by atoms with E-state index in [-0.39, 0.29) is 12.1 Å². The van der Waals surface area contributed by atoms with Gasteiger partial charge >= 0.3 is 6.09 Å². The molecule has 2 N–H and O–H groups in total. The second-order valence-electron chi connectivity index (χ2n) is 6.86. The predicted octanol–water partition coefficient (Wildman–Crippen LogP) is 4.03. The highest BCUT2D eigenvalue weighted by Gasteiger charge is 2.31. The third-order valence-electron chi connectivity index (χ3n) is 4.50. The Hall–Kier alpha value is -1.85. The van der Waals surface area contributed by atoms with Crippen LogP contribution in [0.1, 0.15) is 35.1 Å². The van der Waals surface area contributed by atoms with E-state index in [1.165, 1.54) is 9.75 Å². The van der Waals surface area contributed by atoms with E-state index in [0.29, 0.717) is 18.7 Å². The number of amides is 1. The Kier molecular flexibility index (Phi) is 6.10. The second kappa shape index (κ2) is 8.50. The highest BCUT2D eigenvalue weighted by atomic mass is 32.1. The molecule has 3 rings (SSSR count). The summed E-state index contributed by atoms with van der Waals surface area (Å²) in [6, 6.07) is 15.3. The topological polar surface area (TPSA) is 50.4 Å². The molecule has 134 valence electrons. The second-order valence-corrected chi connectivity index (χ2v) is 8.23. The van der Waals surface area contributed by atoms with Gasteiger partial charge < -0.3 is 15.4 Å². The molecular weight excluding hydrogens is 332 g/mol. The molecule has 0 radical (unpaired) electrons. The molecule has 1 amide bonds. The molecule has 25 heavy (non-hydrogen) atoms. The SMILES string of the molecule is Cc1ccc(CC(C)NC2CC(NC(=O)OCc3ccccc3)C2)s1. The summed E-state index contributed by atoms with van der Waals surface area (Å²) >= 11 is 1.87. The zero-order valence-electron chi connectivity index (χ0n) is 14.8. The van der Waals surface area contributed by atoms with Crippen molar-refractivity contribution in [3.63, 3.8) is 0 Å². The Morgan fingerprint density at radius 3 is 2.64 bits per heavy atom. The number of benzene rings is 1. The molecule has 1 heterocycles. The van der Waals surface area contributed by atoms with Gasteiger partial charge in [0.1, 0.15) is 6.61 Å². The van der Waals surface area contributed by atoms with Crippen LogP contribution in [0.3, 0.4) is 0 Å². The Balaban J connectivity index is 1.30. The number of alkyl carbamates (subject to hydrolysis) is 1. The molecule has 5 heteroatoms. The van der Waals surface area contributed by atoms with Gasteiger partial charge in [-0.2, -0.15) is 0 Å². The number of carbonyl (C=O) groups excluding carboxylic acids is 1. The molecule has 4 nitrogen and oxygen atoms in total. The predicted molar refractivity (Wildman–Crippen MR) is 102 cm³/mol. The highest BCUT2D eigenvalue weighted by molar-refractivity contribution is 7.11. The Bertz CT molecular complexity index is 680. The molecule has 1 saturated carbocycles. The Morgan fingerprint density at radius 2 is 1.96 bits per heavy atom. The maximum atomic E-state index is 11.8. The number of aryl methyl sites for hydroxylation is 1. The molecule has 0 aliphatic heterocycles. The fraction of sp³-hybridized carbons (Fsp3) is 0.450. The van der Waals surface area contributed by atoms with Gasteiger partial charge in [0.2, 0.25) is 0 Å². The van der Waals surface area contributed by atoms with E-state index >= 15 is 0 Å². The van der Waals surface area contributed by atoms with Gasteiger partial charge in [-0.1, -0.05) is 30.3 Å². The van der Waals surface area contributed by atoms with Crippen molar-refractivity contribution in [3.05, 3.63) is 57.8 Å². The van der Waals surface area contributed by atoms with Crippen LogP contribution in [0.5, 0.6) is 0 Å². The standard InChI is InChI=1S/C20H26N2O2S/c1-14(10-19-9-8-15(2)25-19)21-17-11-18(12-17)22-20(23)24-13-16-6-4-3-5-7-16/h3-9,14,17-18,21H,10-13H2,1-2H3,(H,22,23). The minimum absolute atomic E-state index is 0.219. The number of ether oxygens (including phenoxy) is 1.